The number of hydrogen-bond donors (Lipinski definition) is 3. The maximum absolute atomic E-state index is 11.6. The summed E-state index contributed by atoms with van der Waals surface area (Å²) in [6.07, 6.45) is 9.69. The average Bonchev–Trinajstić information content (AvgIpc) is 2.61. The molecule has 3 aliphatic rings. The van der Waals surface area contributed by atoms with E-state index >= 15 is 0 Å². The van der Waals surface area contributed by atoms with Crippen LogP contribution in [-0.2, 0) is 9.84 Å². The fourth-order valence-corrected chi connectivity index (χ4v) is 6.35. The SMILES string of the molecule is O=S1(=O)CC[NH+](C2CC[NH+](CCC(O)C3CCCCC3)CC2)CC1.[Cl-].[Cl-]. The number of rotatable bonds is 5. The summed E-state index contributed by atoms with van der Waals surface area (Å²) in [6, 6.07) is 0.660. The lowest BCUT2D eigenvalue weighted by Crippen LogP contribution is -3.21. The van der Waals surface area contributed by atoms with Crippen molar-refractivity contribution in [3.05, 3.63) is 0 Å². The van der Waals surface area contributed by atoms with Crippen LogP contribution in [0.1, 0.15) is 51.4 Å². The number of halogens is 2. The zero-order valence-electron chi connectivity index (χ0n) is 15.8. The van der Waals surface area contributed by atoms with Gasteiger partial charge in [0.2, 0.25) is 0 Å². The Kier molecular flexibility index (Phi) is 10.7. The Morgan fingerprint density at radius 1 is 0.885 bits per heavy atom. The van der Waals surface area contributed by atoms with Crippen LogP contribution in [0.5, 0.6) is 0 Å². The fourth-order valence-electron chi connectivity index (χ4n) is 5.00. The quantitative estimate of drug-likeness (QED) is 0.406. The third-order valence-corrected chi connectivity index (χ3v) is 8.38. The number of hydrogen-bond acceptors (Lipinski definition) is 3. The highest BCUT2D eigenvalue weighted by atomic mass is 35.5. The predicted octanol–water partition coefficient (Wildman–Crippen LogP) is -7.31. The van der Waals surface area contributed by atoms with Gasteiger partial charge in [-0.25, -0.2) is 8.42 Å². The Hall–Kier alpha value is 0.410. The molecule has 0 radical (unpaired) electrons. The van der Waals surface area contributed by atoms with Gasteiger partial charge in [-0.2, -0.15) is 0 Å². The molecule has 0 aromatic rings. The standard InChI is InChI=1S/C18H34N2O3S.2ClH/c21-18(16-4-2-1-3-5-16)8-11-19-9-6-17(7-10-19)20-12-14-24(22,23)15-13-20;;/h16-18,21H,1-15H2;2*1H. The molecule has 1 unspecified atom stereocenters. The normalized spacial score (nSPS) is 31.4. The van der Waals surface area contributed by atoms with Gasteiger partial charge in [0.15, 0.2) is 9.84 Å². The molecule has 3 rings (SSSR count). The topological polar surface area (TPSA) is 63.2 Å². The van der Waals surface area contributed by atoms with E-state index in [0.29, 0.717) is 23.5 Å². The third kappa shape index (κ3) is 7.10. The van der Waals surface area contributed by atoms with Gasteiger partial charge in [-0.1, -0.05) is 19.3 Å². The van der Waals surface area contributed by atoms with E-state index in [9.17, 15) is 13.5 Å². The summed E-state index contributed by atoms with van der Waals surface area (Å²) in [7, 11) is -2.75. The summed E-state index contributed by atoms with van der Waals surface area (Å²) in [6.45, 7) is 5.11. The summed E-state index contributed by atoms with van der Waals surface area (Å²) in [5, 5.41) is 10.4. The minimum atomic E-state index is -2.75. The van der Waals surface area contributed by atoms with Gasteiger partial charge in [0, 0.05) is 19.3 Å². The van der Waals surface area contributed by atoms with Crippen molar-refractivity contribution in [3.8, 4) is 0 Å². The molecule has 0 bridgehead atoms. The molecule has 1 atom stereocenters. The molecule has 0 amide bonds. The Labute approximate surface area is 171 Å². The van der Waals surface area contributed by atoms with Crippen molar-refractivity contribution in [1.29, 1.82) is 0 Å². The molecule has 5 nitrogen and oxygen atoms in total. The van der Waals surface area contributed by atoms with E-state index < -0.39 is 9.84 Å². The summed E-state index contributed by atoms with van der Waals surface area (Å²) in [5.74, 6) is 1.31. The van der Waals surface area contributed by atoms with Crippen LogP contribution in [0.2, 0.25) is 0 Å². The highest BCUT2D eigenvalue weighted by molar-refractivity contribution is 7.91. The van der Waals surface area contributed by atoms with Crippen LogP contribution in [0.25, 0.3) is 0 Å². The number of aliphatic hydroxyl groups is 1. The van der Waals surface area contributed by atoms with Crippen molar-refractivity contribution in [2.75, 3.05) is 44.2 Å². The Morgan fingerprint density at radius 2 is 1.46 bits per heavy atom. The number of nitrogens with one attached hydrogen (secondary N) is 2. The highest BCUT2D eigenvalue weighted by Gasteiger charge is 2.34. The molecule has 3 N–H and O–H groups in total. The largest absolute Gasteiger partial charge is 1.00 e. The molecular weight excluding hydrogens is 395 g/mol. The van der Waals surface area contributed by atoms with E-state index in [1.807, 2.05) is 0 Å². The Bertz CT molecular complexity index is 479. The van der Waals surface area contributed by atoms with Crippen molar-refractivity contribution in [3.63, 3.8) is 0 Å². The monoisotopic (exact) mass is 430 g/mol. The molecule has 26 heavy (non-hydrogen) atoms. The first kappa shape index (κ1) is 24.4. The van der Waals surface area contributed by atoms with E-state index in [-0.39, 0.29) is 30.9 Å². The molecule has 156 valence electrons. The van der Waals surface area contributed by atoms with Gasteiger partial charge in [-0.15, -0.1) is 0 Å². The summed E-state index contributed by atoms with van der Waals surface area (Å²) >= 11 is 0. The molecule has 1 aliphatic carbocycles. The van der Waals surface area contributed by atoms with Crippen molar-refractivity contribution in [2.24, 2.45) is 5.92 Å². The van der Waals surface area contributed by atoms with Crippen molar-refractivity contribution < 1.29 is 48.1 Å². The number of quaternary nitrogens is 2. The molecule has 2 heterocycles. The van der Waals surface area contributed by atoms with Crippen molar-refractivity contribution >= 4 is 9.84 Å². The molecule has 0 spiro atoms. The van der Waals surface area contributed by atoms with E-state index in [1.54, 1.807) is 4.90 Å². The smallest absolute Gasteiger partial charge is 0.161 e. The first-order valence-corrected chi connectivity index (χ1v) is 11.9. The van der Waals surface area contributed by atoms with Crippen LogP contribution < -0.4 is 34.6 Å². The van der Waals surface area contributed by atoms with Gasteiger partial charge in [-0.05, 0) is 18.8 Å². The zero-order valence-corrected chi connectivity index (χ0v) is 18.1. The summed E-state index contributed by atoms with van der Waals surface area (Å²) in [5.41, 5.74) is 0. The number of aliphatic hydroxyl groups excluding tert-OH is 1. The second-order valence-corrected chi connectivity index (χ2v) is 10.6. The van der Waals surface area contributed by atoms with Crippen LogP contribution in [0, 0.1) is 5.92 Å². The van der Waals surface area contributed by atoms with Gasteiger partial charge in [0.25, 0.3) is 0 Å². The summed E-state index contributed by atoms with van der Waals surface area (Å²) in [4.78, 5) is 3.16. The molecule has 0 aromatic carbocycles. The van der Waals surface area contributed by atoms with Gasteiger partial charge >= 0.3 is 0 Å². The Balaban J connectivity index is 0.00000169. The van der Waals surface area contributed by atoms with Crippen molar-refractivity contribution in [2.45, 2.75) is 63.5 Å². The molecule has 1 saturated carbocycles. The van der Waals surface area contributed by atoms with Crippen LogP contribution in [-0.4, -0.2) is 69.9 Å². The first-order valence-electron chi connectivity index (χ1n) is 10.1. The lowest BCUT2D eigenvalue weighted by atomic mass is 9.84. The minimum Gasteiger partial charge on any atom is -1.00 e. The number of piperidine rings is 1. The fraction of sp³-hybridized carbons (Fsp3) is 1.00. The maximum Gasteiger partial charge on any atom is 0.161 e. The minimum absolute atomic E-state index is 0. The molecule has 3 fully saturated rings. The average molecular weight is 431 g/mol. The molecule has 2 saturated heterocycles. The molecule has 8 heteroatoms. The van der Waals surface area contributed by atoms with Crippen LogP contribution in [0.4, 0.5) is 0 Å². The van der Waals surface area contributed by atoms with Gasteiger partial charge in [0.1, 0.15) is 0 Å². The second kappa shape index (κ2) is 11.4. The lowest BCUT2D eigenvalue weighted by Gasteiger charge is -2.36. The van der Waals surface area contributed by atoms with Gasteiger partial charge in [0.05, 0.1) is 56.4 Å². The van der Waals surface area contributed by atoms with E-state index in [4.69, 9.17) is 0 Å². The van der Waals surface area contributed by atoms with E-state index in [2.05, 4.69) is 0 Å². The lowest BCUT2D eigenvalue weighted by molar-refractivity contribution is -0.956. The maximum atomic E-state index is 11.6. The van der Waals surface area contributed by atoms with Crippen molar-refractivity contribution in [1.82, 2.24) is 0 Å². The van der Waals surface area contributed by atoms with Crippen LogP contribution in [0.15, 0.2) is 0 Å². The van der Waals surface area contributed by atoms with E-state index in [1.165, 1.54) is 62.9 Å². The van der Waals surface area contributed by atoms with Crippen LogP contribution in [0.3, 0.4) is 0 Å². The third-order valence-electron chi connectivity index (χ3n) is 6.73. The van der Waals surface area contributed by atoms with Crippen LogP contribution >= 0.6 is 0 Å². The number of likely N-dealkylation sites (tertiary alicyclic amines) is 1. The first-order chi connectivity index (χ1) is 11.5. The molecule has 2 aliphatic heterocycles. The predicted molar refractivity (Wildman–Crippen MR) is 95.1 cm³/mol. The summed E-state index contributed by atoms with van der Waals surface area (Å²) < 4.78 is 23.1. The van der Waals surface area contributed by atoms with E-state index in [0.717, 1.165) is 26.1 Å². The highest BCUT2D eigenvalue weighted by Crippen LogP contribution is 2.27. The molecular formula is C18H36Cl2N2O3S. The number of sulfone groups is 1. The van der Waals surface area contributed by atoms with Gasteiger partial charge in [-0.3, -0.25) is 0 Å². The Morgan fingerprint density at radius 3 is 2.04 bits per heavy atom. The second-order valence-electron chi connectivity index (χ2n) is 8.34. The molecule has 0 aromatic heterocycles. The zero-order chi connectivity index (χ0) is 17.0. The van der Waals surface area contributed by atoms with Gasteiger partial charge < -0.3 is 39.7 Å².